The van der Waals surface area contributed by atoms with Gasteiger partial charge in [-0.25, -0.2) is 0 Å². The van der Waals surface area contributed by atoms with Crippen molar-refractivity contribution in [2.45, 2.75) is 26.3 Å². The van der Waals surface area contributed by atoms with Crippen molar-refractivity contribution in [2.24, 2.45) is 5.73 Å². The van der Waals surface area contributed by atoms with E-state index in [9.17, 15) is 0 Å². The molecule has 1 aromatic rings. The Bertz CT molecular complexity index is 323. The van der Waals surface area contributed by atoms with Gasteiger partial charge in [-0.3, -0.25) is 0 Å². The first kappa shape index (κ1) is 12.5. The SMILES string of the molecule is CC(C)N(C)c1ccc(CCN)cc1Br. The zero-order chi connectivity index (χ0) is 11.4. The van der Waals surface area contributed by atoms with Gasteiger partial charge in [-0.2, -0.15) is 0 Å². The van der Waals surface area contributed by atoms with E-state index in [2.05, 4.69) is 59.9 Å². The van der Waals surface area contributed by atoms with Crippen molar-refractivity contribution in [3.05, 3.63) is 28.2 Å². The Morgan fingerprint density at radius 1 is 1.40 bits per heavy atom. The van der Waals surface area contributed by atoms with E-state index >= 15 is 0 Å². The molecule has 1 rings (SSSR count). The average molecular weight is 271 g/mol. The molecule has 0 saturated heterocycles. The quantitative estimate of drug-likeness (QED) is 0.912. The van der Waals surface area contributed by atoms with Gasteiger partial charge in [-0.05, 0) is 60.4 Å². The number of halogens is 1. The van der Waals surface area contributed by atoms with Crippen molar-refractivity contribution in [1.29, 1.82) is 0 Å². The van der Waals surface area contributed by atoms with Crippen LogP contribution in [-0.2, 0) is 6.42 Å². The maximum Gasteiger partial charge on any atom is 0.0510 e. The number of anilines is 1. The van der Waals surface area contributed by atoms with E-state index in [-0.39, 0.29) is 0 Å². The summed E-state index contributed by atoms with van der Waals surface area (Å²) in [6.45, 7) is 5.06. The molecule has 0 aliphatic carbocycles. The van der Waals surface area contributed by atoms with Crippen LogP contribution in [0.2, 0.25) is 0 Å². The number of benzene rings is 1. The Morgan fingerprint density at radius 3 is 2.53 bits per heavy atom. The molecule has 0 aliphatic heterocycles. The lowest BCUT2D eigenvalue weighted by atomic mass is 10.1. The summed E-state index contributed by atoms with van der Waals surface area (Å²) in [6, 6.07) is 6.95. The molecular weight excluding hydrogens is 252 g/mol. The molecule has 0 radical (unpaired) electrons. The number of nitrogens with two attached hydrogens (primary N) is 1. The molecule has 0 amide bonds. The van der Waals surface area contributed by atoms with Crippen molar-refractivity contribution < 1.29 is 0 Å². The maximum atomic E-state index is 5.53. The van der Waals surface area contributed by atoms with Gasteiger partial charge in [-0.1, -0.05) is 6.07 Å². The minimum absolute atomic E-state index is 0.502. The van der Waals surface area contributed by atoms with Crippen molar-refractivity contribution in [1.82, 2.24) is 0 Å². The Hall–Kier alpha value is -0.540. The summed E-state index contributed by atoms with van der Waals surface area (Å²) in [5.74, 6) is 0. The van der Waals surface area contributed by atoms with E-state index < -0.39 is 0 Å². The molecule has 84 valence electrons. The van der Waals surface area contributed by atoms with Crippen molar-refractivity contribution in [3.8, 4) is 0 Å². The predicted octanol–water partition coefficient (Wildman–Crippen LogP) is 2.79. The number of rotatable bonds is 4. The van der Waals surface area contributed by atoms with E-state index in [1.54, 1.807) is 0 Å². The monoisotopic (exact) mass is 270 g/mol. The molecule has 3 heteroatoms. The van der Waals surface area contributed by atoms with E-state index in [0.717, 1.165) is 10.9 Å². The standard InChI is InChI=1S/C12H19BrN2/c1-9(2)15(3)12-5-4-10(6-7-14)8-11(12)13/h4-5,8-9H,6-7,14H2,1-3H3. The fourth-order valence-electron chi connectivity index (χ4n) is 1.44. The fraction of sp³-hybridized carbons (Fsp3) is 0.500. The highest BCUT2D eigenvalue weighted by Crippen LogP contribution is 2.27. The van der Waals surface area contributed by atoms with E-state index in [1.807, 2.05) is 0 Å². The summed E-state index contributed by atoms with van der Waals surface area (Å²) in [6.07, 6.45) is 0.935. The van der Waals surface area contributed by atoms with Gasteiger partial charge in [0.2, 0.25) is 0 Å². The van der Waals surface area contributed by atoms with Crippen LogP contribution in [0.4, 0.5) is 5.69 Å². The van der Waals surface area contributed by atoms with Gasteiger partial charge in [0.05, 0.1) is 5.69 Å². The molecule has 0 bridgehead atoms. The van der Waals surface area contributed by atoms with Crippen LogP contribution in [0.5, 0.6) is 0 Å². The minimum Gasteiger partial charge on any atom is -0.371 e. The third-order valence-electron chi connectivity index (χ3n) is 2.60. The molecule has 2 N–H and O–H groups in total. The zero-order valence-corrected chi connectivity index (χ0v) is 11.2. The Labute approximate surface area is 101 Å². The Morgan fingerprint density at radius 2 is 2.07 bits per heavy atom. The highest BCUT2D eigenvalue weighted by molar-refractivity contribution is 9.10. The van der Waals surface area contributed by atoms with Crippen LogP contribution >= 0.6 is 15.9 Å². The summed E-state index contributed by atoms with van der Waals surface area (Å²) in [7, 11) is 2.10. The molecule has 0 fully saturated rings. The zero-order valence-electron chi connectivity index (χ0n) is 9.63. The van der Waals surface area contributed by atoms with Crippen LogP contribution in [0, 0.1) is 0 Å². The lowest BCUT2D eigenvalue weighted by Crippen LogP contribution is -2.25. The third-order valence-corrected chi connectivity index (χ3v) is 3.23. The normalized spacial score (nSPS) is 10.8. The van der Waals surface area contributed by atoms with Gasteiger partial charge in [0, 0.05) is 17.6 Å². The molecule has 0 atom stereocenters. The Balaban J connectivity index is 2.92. The molecule has 0 heterocycles. The van der Waals surface area contributed by atoms with Gasteiger partial charge >= 0.3 is 0 Å². The van der Waals surface area contributed by atoms with Crippen molar-refractivity contribution in [3.63, 3.8) is 0 Å². The van der Waals surface area contributed by atoms with Crippen LogP contribution in [0.25, 0.3) is 0 Å². The summed E-state index contributed by atoms with van der Waals surface area (Å²) in [4.78, 5) is 2.25. The van der Waals surface area contributed by atoms with E-state index in [1.165, 1.54) is 11.3 Å². The summed E-state index contributed by atoms with van der Waals surface area (Å²) in [5.41, 5.74) is 8.04. The first-order chi connectivity index (χ1) is 7.06. The molecule has 0 saturated carbocycles. The summed E-state index contributed by atoms with van der Waals surface area (Å²) in [5, 5.41) is 0. The van der Waals surface area contributed by atoms with Gasteiger partial charge in [0.1, 0.15) is 0 Å². The molecular formula is C12H19BrN2. The molecule has 0 aliphatic rings. The molecule has 1 aromatic carbocycles. The molecule has 0 aromatic heterocycles. The second-order valence-electron chi connectivity index (χ2n) is 4.03. The highest BCUT2D eigenvalue weighted by Gasteiger charge is 2.08. The highest BCUT2D eigenvalue weighted by atomic mass is 79.9. The van der Waals surface area contributed by atoms with Crippen LogP contribution in [0.1, 0.15) is 19.4 Å². The van der Waals surface area contributed by atoms with Gasteiger partial charge in [-0.15, -0.1) is 0 Å². The summed E-state index contributed by atoms with van der Waals surface area (Å²) >= 11 is 3.60. The first-order valence-electron chi connectivity index (χ1n) is 5.27. The van der Waals surface area contributed by atoms with E-state index in [4.69, 9.17) is 5.73 Å². The average Bonchev–Trinajstić information content (AvgIpc) is 2.17. The number of nitrogens with zero attached hydrogens (tertiary/aromatic N) is 1. The number of hydrogen-bond acceptors (Lipinski definition) is 2. The van der Waals surface area contributed by atoms with Crippen LogP contribution in [-0.4, -0.2) is 19.6 Å². The van der Waals surface area contributed by atoms with E-state index in [0.29, 0.717) is 12.6 Å². The largest absolute Gasteiger partial charge is 0.371 e. The maximum absolute atomic E-state index is 5.53. The van der Waals surface area contributed by atoms with Gasteiger partial charge < -0.3 is 10.6 Å². The third kappa shape index (κ3) is 3.21. The second kappa shape index (κ2) is 5.52. The number of hydrogen-bond donors (Lipinski definition) is 1. The smallest absolute Gasteiger partial charge is 0.0510 e. The van der Waals surface area contributed by atoms with Crippen molar-refractivity contribution >= 4 is 21.6 Å². The molecule has 15 heavy (non-hydrogen) atoms. The fourth-order valence-corrected chi connectivity index (χ4v) is 2.14. The lowest BCUT2D eigenvalue weighted by molar-refractivity contribution is 0.753. The molecule has 0 spiro atoms. The van der Waals surface area contributed by atoms with Crippen LogP contribution in [0.15, 0.2) is 22.7 Å². The molecule has 2 nitrogen and oxygen atoms in total. The van der Waals surface area contributed by atoms with Crippen LogP contribution in [0.3, 0.4) is 0 Å². The predicted molar refractivity (Wildman–Crippen MR) is 70.4 cm³/mol. The topological polar surface area (TPSA) is 29.3 Å². The molecule has 0 unspecified atom stereocenters. The summed E-state index contributed by atoms with van der Waals surface area (Å²) < 4.78 is 1.14. The Kier molecular flexibility index (Phi) is 4.61. The van der Waals surface area contributed by atoms with Gasteiger partial charge in [0.15, 0.2) is 0 Å². The minimum atomic E-state index is 0.502. The van der Waals surface area contributed by atoms with Crippen molar-refractivity contribution in [2.75, 3.05) is 18.5 Å². The van der Waals surface area contributed by atoms with Gasteiger partial charge in [0.25, 0.3) is 0 Å². The second-order valence-corrected chi connectivity index (χ2v) is 4.88. The first-order valence-corrected chi connectivity index (χ1v) is 6.07. The lowest BCUT2D eigenvalue weighted by Gasteiger charge is -2.25. The van der Waals surface area contributed by atoms with Crippen LogP contribution < -0.4 is 10.6 Å².